The van der Waals surface area contributed by atoms with E-state index in [-0.39, 0.29) is 29.7 Å². The lowest BCUT2D eigenvalue weighted by atomic mass is 10.1. The number of nitrogens with one attached hydrogen (secondary N) is 2. The van der Waals surface area contributed by atoms with E-state index in [0.717, 1.165) is 22.3 Å². The molecule has 0 amide bonds. The molecule has 2 heterocycles. The van der Waals surface area contributed by atoms with Gasteiger partial charge in [-0.25, -0.2) is 14.4 Å². The Morgan fingerprint density at radius 1 is 0.595 bits per heavy atom. The number of carbonyl (C=O) groups is 3. The maximum atomic E-state index is 11.9. The van der Waals surface area contributed by atoms with Gasteiger partial charge in [0.1, 0.15) is 5.56 Å². The van der Waals surface area contributed by atoms with Crippen molar-refractivity contribution >= 4 is 68.8 Å². The van der Waals surface area contributed by atoms with E-state index in [9.17, 15) is 19.2 Å². The number of hydrogen-bond donors (Lipinski definition) is 3. The number of hydrogen-bond acceptors (Lipinski definition) is 12. The predicted molar refractivity (Wildman–Crippen MR) is 315 cm³/mol. The maximum absolute atomic E-state index is 11.9. The molecule has 0 radical (unpaired) electrons. The molecule has 4 N–H and O–H groups in total. The number of para-hydroxylation sites is 4. The van der Waals surface area contributed by atoms with Crippen molar-refractivity contribution in [3.05, 3.63) is 160 Å². The van der Waals surface area contributed by atoms with Crippen LogP contribution in [-0.4, -0.2) is 53.8 Å². The highest BCUT2D eigenvalue weighted by molar-refractivity contribution is 6.38. The fourth-order valence-corrected chi connectivity index (χ4v) is 4.96. The molecule has 14 heteroatoms. The number of pyridine rings is 2. The number of halogens is 1. The molecule has 0 saturated heterocycles. The van der Waals surface area contributed by atoms with E-state index in [1.807, 2.05) is 209 Å². The summed E-state index contributed by atoms with van der Waals surface area (Å²) in [6.07, 6.45) is 5.44. The Balaban J connectivity index is -0.000000148. The number of rotatable bonds is 9. The van der Waals surface area contributed by atoms with Crippen molar-refractivity contribution in [1.82, 2.24) is 9.97 Å². The van der Waals surface area contributed by atoms with Gasteiger partial charge in [-0.05, 0) is 69.7 Å². The Labute approximate surface area is 450 Å². The molecule has 0 spiro atoms. The molecule has 0 aliphatic carbocycles. The van der Waals surface area contributed by atoms with Gasteiger partial charge in [0, 0.05) is 46.3 Å². The molecule has 74 heavy (non-hydrogen) atoms. The van der Waals surface area contributed by atoms with E-state index in [1.54, 1.807) is 45.2 Å². The summed E-state index contributed by atoms with van der Waals surface area (Å²) in [7, 11) is 0. The summed E-state index contributed by atoms with van der Waals surface area (Å²) < 4.78 is 14.6. The van der Waals surface area contributed by atoms with Gasteiger partial charge in [0.15, 0.2) is 0 Å². The first-order valence-electron chi connectivity index (χ1n) is 26.0. The second kappa shape index (κ2) is 62.0. The molecule has 0 unspecified atom stereocenters. The van der Waals surface area contributed by atoms with E-state index in [4.69, 9.17) is 41.1 Å². The Hall–Kier alpha value is -7.08. The van der Waals surface area contributed by atoms with Gasteiger partial charge in [0.2, 0.25) is 5.43 Å². The number of H-pyrrole nitrogens is 1. The van der Waals surface area contributed by atoms with Crippen molar-refractivity contribution in [1.29, 1.82) is 0 Å². The number of nitrogen functional groups attached to an aromatic ring is 1. The molecule has 0 aliphatic rings. The molecule has 0 atom stereocenters. The highest BCUT2D eigenvalue weighted by Crippen LogP contribution is 2.26. The predicted octanol–water partition coefficient (Wildman–Crippen LogP) is 16.6. The number of nitrogens with zero attached hydrogens (tertiary/aromatic N) is 1. The van der Waals surface area contributed by atoms with Crippen molar-refractivity contribution in [2.45, 2.75) is 145 Å². The fraction of sp³-hybridized carbons (Fsp3) is 0.400. The van der Waals surface area contributed by atoms with Crippen molar-refractivity contribution < 1.29 is 38.2 Å². The Morgan fingerprint density at radius 3 is 1.43 bits per heavy atom. The van der Waals surface area contributed by atoms with Crippen LogP contribution in [0.25, 0.3) is 21.8 Å². The minimum atomic E-state index is -0.588. The van der Waals surface area contributed by atoms with Crippen LogP contribution in [0.3, 0.4) is 0 Å². The second-order valence-corrected chi connectivity index (χ2v) is 11.6. The van der Waals surface area contributed by atoms with Crippen LogP contribution >= 0.6 is 11.6 Å². The lowest BCUT2D eigenvalue weighted by molar-refractivity contribution is -0.191. The number of anilines is 2. The first-order valence-corrected chi connectivity index (χ1v) is 26.4. The highest BCUT2D eigenvalue weighted by Gasteiger charge is 2.15. The summed E-state index contributed by atoms with van der Waals surface area (Å²) in [5.74, 6) is -1.28. The van der Waals surface area contributed by atoms with Crippen LogP contribution in [0.4, 0.5) is 11.4 Å². The molecule has 13 nitrogen and oxygen atoms in total. The lowest BCUT2D eigenvalue weighted by Gasteiger charge is -2.05. The number of aromatic nitrogens is 2. The van der Waals surface area contributed by atoms with E-state index in [2.05, 4.69) is 15.3 Å². The third kappa shape index (κ3) is 36.8. The van der Waals surface area contributed by atoms with Gasteiger partial charge in [-0.1, -0.05) is 196 Å². The normalized spacial score (nSPS) is 8.42. The van der Waals surface area contributed by atoms with Crippen LogP contribution in [0.15, 0.2) is 138 Å². The smallest absolute Gasteiger partial charge is 0.373 e. The highest BCUT2D eigenvalue weighted by atomic mass is 35.5. The Kier molecular flexibility index (Phi) is 67.9. The summed E-state index contributed by atoms with van der Waals surface area (Å²) >= 11 is 6.13. The minimum absolute atomic E-state index is 0.0422. The van der Waals surface area contributed by atoms with Crippen LogP contribution in [0.5, 0.6) is 0 Å². The third-order valence-electron chi connectivity index (χ3n) is 7.39. The molecular weight excluding hydrogens is 956 g/mol. The van der Waals surface area contributed by atoms with E-state index in [0.29, 0.717) is 46.7 Å². The van der Waals surface area contributed by atoms with Gasteiger partial charge in [-0.3, -0.25) is 9.78 Å². The average molecular weight is 1050 g/mol. The quantitative estimate of drug-likeness (QED) is 0.0537. The molecule has 4 aromatic carbocycles. The SMILES string of the molecule is CC.CC.CC.CC.CC.CC.CC.CC.CCOC(=O)/C(=C/Nc1ccccc1)CC.CCOC(=O)c1c[nH]c2ccccc2c1=O.CCOC(=O)c1cnc2ccccc2c1Cl.Nc1ccccc1.O=C=O. The standard InChI is InChI=1S/C13H17NO2.C12H10ClNO2.C12H11NO3.C6H7N.8C2H6.CO2/c1-3-11(13(15)16-4-2)10-14-12-8-6-5-7-9-12;1-2-16-12(15)9-7-14-10-6-4-3-5-8(10)11(9)13;1-2-16-12(15)9-7-13-10-6-4-3-5-8(10)11(9)14;7-6-4-2-1-3-5-6;8*1-2;2-1-3/h5-10,14H,3-4H2,1-2H3;3-7H,2H2,1H3;3-7H,2H2,1H3,(H,13,14);1-5H,7H2;8*1-2H3;/b11-10+;;;;;;;;;;;;. The zero-order valence-electron chi connectivity index (χ0n) is 48.5. The molecule has 414 valence electrons. The van der Waals surface area contributed by atoms with Crippen LogP contribution < -0.4 is 16.5 Å². The molecular formula is C60H93ClN4O9. The van der Waals surface area contributed by atoms with E-state index < -0.39 is 11.9 Å². The minimum Gasteiger partial charge on any atom is -0.463 e. The average Bonchev–Trinajstić information content (AvgIpc) is 3.47. The van der Waals surface area contributed by atoms with E-state index >= 15 is 0 Å². The van der Waals surface area contributed by atoms with Crippen LogP contribution in [0, 0.1) is 0 Å². The fourth-order valence-electron chi connectivity index (χ4n) is 4.67. The lowest BCUT2D eigenvalue weighted by Crippen LogP contribution is -2.17. The van der Waals surface area contributed by atoms with Crippen LogP contribution in [0.2, 0.25) is 5.02 Å². The Bertz CT molecular complexity index is 2330. The number of carbonyl (C=O) groups excluding carboxylic acids is 5. The Morgan fingerprint density at radius 2 is 1.00 bits per heavy atom. The molecule has 2 aromatic heterocycles. The van der Waals surface area contributed by atoms with Gasteiger partial charge in [0.05, 0.1) is 41.5 Å². The zero-order valence-corrected chi connectivity index (χ0v) is 49.3. The summed E-state index contributed by atoms with van der Waals surface area (Å²) in [6, 6.07) is 33.6. The van der Waals surface area contributed by atoms with Crippen LogP contribution in [-0.2, 0) is 28.6 Å². The molecule has 0 saturated carbocycles. The van der Waals surface area contributed by atoms with Gasteiger partial charge in [-0.2, -0.15) is 9.59 Å². The van der Waals surface area contributed by atoms with Crippen molar-refractivity contribution in [2.75, 3.05) is 30.9 Å². The molecule has 0 fully saturated rings. The molecule has 0 aliphatic heterocycles. The summed E-state index contributed by atoms with van der Waals surface area (Å²) in [5.41, 5.74) is 9.30. The molecule has 6 aromatic rings. The number of aromatic amines is 1. The number of esters is 3. The van der Waals surface area contributed by atoms with Gasteiger partial charge >= 0.3 is 24.1 Å². The summed E-state index contributed by atoms with van der Waals surface area (Å²) in [6.45, 7) is 40.2. The third-order valence-corrected chi connectivity index (χ3v) is 7.80. The summed E-state index contributed by atoms with van der Waals surface area (Å²) in [4.78, 5) is 69.7. The number of benzene rings is 4. The first kappa shape index (κ1) is 81.0. The molecule has 0 bridgehead atoms. The number of nitrogens with two attached hydrogens (primary N) is 1. The monoisotopic (exact) mass is 1050 g/mol. The molecule has 6 rings (SSSR count). The summed E-state index contributed by atoms with van der Waals surface area (Å²) in [5, 5.41) is 4.72. The second-order valence-electron chi connectivity index (χ2n) is 11.3. The van der Waals surface area contributed by atoms with Gasteiger partial charge in [-0.15, -0.1) is 0 Å². The maximum Gasteiger partial charge on any atom is 0.373 e. The topological polar surface area (TPSA) is 197 Å². The largest absolute Gasteiger partial charge is 0.463 e. The van der Waals surface area contributed by atoms with Crippen molar-refractivity contribution in [3.8, 4) is 0 Å². The van der Waals surface area contributed by atoms with Gasteiger partial charge < -0.3 is 30.2 Å². The van der Waals surface area contributed by atoms with E-state index in [1.165, 1.54) is 12.4 Å². The van der Waals surface area contributed by atoms with Crippen LogP contribution in [0.1, 0.15) is 166 Å². The van der Waals surface area contributed by atoms with Gasteiger partial charge in [0.25, 0.3) is 0 Å². The first-order chi connectivity index (χ1) is 36.1. The number of fused-ring (bicyclic) bond motifs is 2. The van der Waals surface area contributed by atoms with Crippen molar-refractivity contribution in [2.24, 2.45) is 0 Å². The number of ether oxygens (including phenoxy) is 3. The van der Waals surface area contributed by atoms with Crippen molar-refractivity contribution in [3.63, 3.8) is 0 Å². The zero-order chi connectivity index (χ0) is 58.7.